The zero-order valence-corrected chi connectivity index (χ0v) is 21.5. The van der Waals surface area contributed by atoms with Crippen LogP contribution in [0.3, 0.4) is 0 Å². The Morgan fingerprint density at radius 3 is 2.25 bits per heavy atom. The maximum Gasteiger partial charge on any atom is 0.355 e. The van der Waals surface area contributed by atoms with E-state index in [9.17, 15) is 14.7 Å². The Hall–Kier alpha value is -2.42. The largest absolute Gasteiger partial charge is 0.506 e. The van der Waals surface area contributed by atoms with Gasteiger partial charge in [0.15, 0.2) is 0 Å². The van der Waals surface area contributed by atoms with Gasteiger partial charge in [0.05, 0.1) is 22.6 Å². The molecule has 0 unspecified atom stereocenters. The highest BCUT2D eigenvalue weighted by atomic mass is 79.9. The number of hydrogen-bond donors (Lipinski definition) is 1. The minimum atomic E-state index is -0.611. The van der Waals surface area contributed by atoms with Gasteiger partial charge in [-0.1, -0.05) is 46.3 Å². The predicted octanol–water partition coefficient (Wildman–Crippen LogP) is 6.50. The number of methoxy groups -OCH3 is 1. The molecule has 0 amide bonds. The summed E-state index contributed by atoms with van der Waals surface area (Å²) < 4.78 is 8.28. The fraction of sp³-hybridized carbons (Fsp3) is 0.0833. The Morgan fingerprint density at radius 2 is 1.62 bits per heavy atom. The molecule has 0 aliphatic rings. The van der Waals surface area contributed by atoms with Gasteiger partial charge >= 0.3 is 5.97 Å². The number of hydrogen-bond acceptors (Lipinski definition) is 4. The van der Waals surface area contributed by atoms with Crippen molar-refractivity contribution < 1.29 is 14.6 Å². The molecule has 0 aliphatic carbocycles. The molecule has 3 aromatic carbocycles. The second-order valence-electron chi connectivity index (χ2n) is 7.07. The zero-order valence-electron chi connectivity index (χ0n) is 16.7. The van der Waals surface area contributed by atoms with E-state index in [0.29, 0.717) is 30.8 Å². The first-order valence-corrected chi connectivity index (χ1v) is 11.9. The number of aromatic nitrogens is 1. The lowest BCUT2D eigenvalue weighted by Crippen LogP contribution is -2.28. The zero-order chi connectivity index (χ0) is 23.0. The maximum absolute atomic E-state index is 13.6. The van der Waals surface area contributed by atoms with Crippen molar-refractivity contribution in [3.05, 3.63) is 95.7 Å². The molecule has 0 fully saturated rings. The highest BCUT2D eigenvalue weighted by molar-refractivity contribution is 9.11. The van der Waals surface area contributed by atoms with Crippen LogP contribution >= 0.6 is 47.8 Å². The Bertz CT molecular complexity index is 1390. The molecule has 4 rings (SSSR count). The highest BCUT2D eigenvalue weighted by Crippen LogP contribution is 2.35. The standard InChI is InChI=1S/C24H16Br3NO4/c1-32-24(31)21-20(14-5-3-2-4-6-14)17-11-15(25)7-8-16(17)23(30)28(21)12-13-9-18(26)22(29)19(27)10-13/h2-11,29H,12H2,1H3. The SMILES string of the molecule is COC(=O)c1c(-c2ccccc2)c2cc(Br)ccc2c(=O)n1Cc1cc(Br)c(O)c(Br)c1. The van der Waals surface area contributed by atoms with Crippen molar-refractivity contribution in [1.29, 1.82) is 0 Å². The van der Waals surface area contributed by atoms with Gasteiger partial charge in [0.2, 0.25) is 0 Å². The summed E-state index contributed by atoms with van der Waals surface area (Å²) >= 11 is 10.1. The van der Waals surface area contributed by atoms with E-state index in [4.69, 9.17) is 4.74 Å². The average Bonchev–Trinajstić information content (AvgIpc) is 2.78. The van der Waals surface area contributed by atoms with E-state index >= 15 is 0 Å². The Kier molecular flexibility index (Phi) is 6.55. The molecule has 1 aromatic heterocycles. The van der Waals surface area contributed by atoms with Crippen molar-refractivity contribution in [2.45, 2.75) is 6.54 Å². The third-order valence-corrected chi connectivity index (χ3v) is 6.79. The minimum absolute atomic E-state index is 0.0580. The summed E-state index contributed by atoms with van der Waals surface area (Å²) in [5.41, 5.74) is 1.97. The number of halogens is 3. The Labute approximate surface area is 209 Å². The van der Waals surface area contributed by atoms with E-state index in [0.717, 1.165) is 10.0 Å². The Morgan fingerprint density at radius 1 is 0.969 bits per heavy atom. The molecule has 162 valence electrons. The first-order valence-electron chi connectivity index (χ1n) is 9.48. The van der Waals surface area contributed by atoms with Crippen LogP contribution in [0.2, 0.25) is 0 Å². The number of rotatable bonds is 4. The normalized spacial score (nSPS) is 11.0. The summed E-state index contributed by atoms with van der Waals surface area (Å²) in [7, 11) is 1.30. The average molecular weight is 622 g/mol. The van der Waals surface area contributed by atoms with Crippen molar-refractivity contribution in [2.75, 3.05) is 7.11 Å². The summed E-state index contributed by atoms with van der Waals surface area (Å²) in [5.74, 6) is -0.553. The molecule has 0 saturated heterocycles. The molecule has 0 aliphatic heterocycles. The Balaban J connectivity index is 2.11. The second-order valence-corrected chi connectivity index (χ2v) is 9.69. The van der Waals surface area contributed by atoms with Gasteiger partial charge in [-0.3, -0.25) is 9.36 Å². The van der Waals surface area contributed by atoms with Crippen molar-refractivity contribution >= 4 is 64.5 Å². The molecule has 1 N–H and O–H groups in total. The highest BCUT2D eigenvalue weighted by Gasteiger charge is 2.24. The van der Waals surface area contributed by atoms with Crippen LogP contribution in [0.25, 0.3) is 21.9 Å². The molecule has 0 spiro atoms. The fourth-order valence-corrected chi connectivity index (χ4v) is 5.31. The van der Waals surface area contributed by atoms with E-state index < -0.39 is 5.97 Å². The van der Waals surface area contributed by atoms with Crippen LogP contribution in [0.4, 0.5) is 0 Å². The quantitative estimate of drug-likeness (QED) is 0.264. The van der Waals surface area contributed by atoms with Crippen molar-refractivity contribution in [1.82, 2.24) is 4.57 Å². The lowest BCUT2D eigenvalue weighted by Gasteiger charge is -2.19. The second kappa shape index (κ2) is 9.21. The molecule has 0 atom stereocenters. The summed E-state index contributed by atoms with van der Waals surface area (Å²) in [4.78, 5) is 26.6. The van der Waals surface area contributed by atoms with Gasteiger partial charge in [-0.25, -0.2) is 4.79 Å². The fourth-order valence-electron chi connectivity index (χ4n) is 3.67. The van der Waals surface area contributed by atoms with Gasteiger partial charge in [0, 0.05) is 15.4 Å². The molecule has 0 radical (unpaired) electrons. The number of esters is 1. The van der Waals surface area contributed by atoms with E-state index in [1.165, 1.54) is 11.7 Å². The third kappa shape index (κ3) is 4.14. The summed E-state index contributed by atoms with van der Waals surface area (Å²) in [6.45, 7) is 0.104. The number of ether oxygens (including phenoxy) is 1. The topological polar surface area (TPSA) is 68.5 Å². The first-order chi connectivity index (χ1) is 15.3. The molecule has 5 nitrogen and oxygen atoms in total. The van der Waals surface area contributed by atoms with Crippen molar-refractivity contribution in [3.63, 3.8) is 0 Å². The number of phenolic OH excluding ortho intramolecular Hbond substituents is 1. The number of phenols is 1. The number of carbonyl (C=O) groups excluding carboxylic acids is 1. The van der Waals surface area contributed by atoms with E-state index in [2.05, 4.69) is 47.8 Å². The first kappa shape index (κ1) is 22.8. The van der Waals surface area contributed by atoms with Gasteiger partial charge in [0.1, 0.15) is 11.4 Å². The number of fused-ring (bicyclic) bond motifs is 1. The summed E-state index contributed by atoms with van der Waals surface area (Å²) in [6, 6.07) is 18.2. The molecule has 1 heterocycles. The van der Waals surface area contributed by atoms with E-state index in [1.807, 2.05) is 36.4 Å². The molecule has 0 saturated carbocycles. The van der Waals surface area contributed by atoms with Gasteiger partial charge in [0.25, 0.3) is 5.56 Å². The van der Waals surface area contributed by atoms with Crippen molar-refractivity contribution in [2.24, 2.45) is 0 Å². The van der Waals surface area contributed by atoms with Crippen molar-refractivity contribution in [3.8, 4) is 16.9 Å². The smallest absolute Gasteiger partial charge is 0.355 e. The number of carbonyl (C=O) groups is 1. The molecule has 32 heavy (non-hydrogen) atoms. The molecule has 0 bridgehead atoms. The van der Waals surface area contributed by atoms with E-state index in [-0.39, 0.29) is 23.5 Å². The summed E-state index contributed by atoms with van der Waals surface area (Å²) in [5, 5.41) is 11.2. The van der Waals surface area contributed by atoms with Crippen LogP contribution in [-0.2, 0) is 11.3 Å². The van der Waals surface area contributed by atoms with Crippen LogP contribution in [0, 0.1) is 0 Å². The van der Waals surface area contributed by atoms with Gasteiger partial charge in [-0.15, -0.1) is 0 Å². The van der Waals surface area contributed by atoms with Crippen LogP contribution in [0.1, 0.15) is 16.1 Å². The minimum Gasteiger partial charge on any atom is -0.506 e. The van der Waals surface area contributed by atoms with Gasteiger partial charge in [-0.05, 0) is 78.7 Å². The molecule has 4 aromatic rings. The number of benzene rings is 3. The monoisotopic (exact) mass is 619 g/mol. The van der Waals surface area contributed by atoms with Gasteiger partial charge < -0.3 is 9.84 Å². The van der Waals surface area contributed by atoms with Gasteiger partial charge in [-0.2, -0.15) is 0 Å². The molecular weight excluding hydrogens is 606 g/mol. The van der Waals surface area contributed by atoms with Crippen LogP contribution < -0.4 is 5.56 Å². The third-order valence-electron chi connectivity index (χ3n) is 5.09. The molecule has 8 heteroatoms. The number of pyridine rings is 1. The van der Waals surface area contributed by atoms with Crippen LogP contribution in [0.5, 0.6) is 5.75 Å². The van der Waals surface area contributed by atoms with Crippen LogP contribution in [0.15, 0.2) is 78.9 Å². The van der Waals surface area contributed by atoms with Crippen LogP contribution in [-0.4, -0.2) is 22.8 Å². The lowest BCUT2D eigenvalue weighted by atomic mass is 9.96. The number of aromatic hydroxyl groups is 1. The summed E-state index contributed by atoms with van der Waals surface area (Å²) in [6.07, 6.45) is 0. The lowest BCUT2D eigenvalue weighted by molar-refractivity contribution is 0.0588. The maximum atomic E-state index is 13.6. The molecular formula is C24H16Br3NO4. The van der Waals surface area contributed by atoms with E-state index in [1.54, 1.807) is 24.3 Å². The number of nitrogens with zero attached hydrogens (tertiary/aromatic N) is 1. The predicted molar refractivity (Wildman–Crippen MR) is 135 cm³/mol.